The highest BCUT2D eigenvalue weighted by Crippen LogP contribution is 2.16. The molecule has 0 atom stereocenters. The molecule has 23 heavy (non-hydrogen) atoms. The van der Waals surface area contributed by atoms with Crippen LogP contribution in [0.1, 0.15) is 40.4 Å². The Kier molecular flexibility index (Phi) is 4.14. The lowest BCUT2D eigenvalue weighted by Gasteiger charge is -2.27. The van der Waals surface area contributed by atoms with E-state index in [0.717, 1.165) is 5.56 Å². The number of nitrogens with one attached hydrogen (secondary N) is 1. The number of hydrogen-bond acceptors (Lipinski definition) is 3. The Morgan fingerprint density at radius 1 is 1.26 bits per heavy atom. The van der Waals surface area contributed by atoms with Gasteiger partial charge in [0.25, 0.3) is 11.8 Å². The summed E-state index contributed by atoms with van der Waals surface area (Å²) in [4.78, 5) is 26.4. The number of rotatable bonds is 4. The van der Waals surface area contributed by atoms with Crippen LogP contribution in [0.3, 0.4) is 0 Å². The number of carbonyl (C=O) groups is 2. The number of benzene rings is 1. The zero-order valence-corrected chi connectivity index (χ0v) is 13.3. The Bertz CT molecular complexity index is 721. The van der Waals surface area contributed by atoms with Gasteiger partial charge in [-0.2, -0.15) is 5.10 Å². The topological polar surface area (TPSA) is 67.2 Å². The Balaban J connectivity index is 1.77. The molecule has 1 aromatic carbocycles. The lowest BCUT2D eigenvalue weighted by atomic mass is 10.2. The molecule has 0 aliphatic carbocycles. The van der Waals surface area contributed by atoms with Gasteiger partial charge in [-0.3, -0.25) is 14.3 Å². The van der Waals surface area contributed by atoms with Crippen molar-refractivity contribution in [3.05, 3.63) is 53.3 Å². The first-order valence-corrected chi connectivity index (χ1v) is 7.76. The van der Waals surface area contributed by atoms with Crippen LogP contribution in [0, 0.1) is 0 Å². The third kappa shape index (κ3) is 3.26. The van der Waals surface area contributed by atoms with Crippen LogP contribution in [0.15, 0.2) is 36.4 Å². The van der Waals surface area contributed by atoms with Crippen molar-refractivity contribution in [3.8, 4) is 0 Å². The van der Waals surface area contributed by atoms with Gasteiger partial charge in [0, 0.05) is 25.2 Å². The molecule has 0 saturated heterocycles. The van der Waals surface area contributed by atoms with Crippen molar-refractivity contribution in [3.63, 3.8) is 0 Å². The molecule has 0 radical (unpaired) electrons. The van der Waals surface area contributed by atoms with E-state index in [4.69, 9.17) is 0 Å². The second-order valence-corrected chi connectivity index (χ2v) is 5.98. The summed E-state index contributed by atoms with van der Waals surface area (Å²) >= 11 is 0. The zero-order valence-electron chi connectivity index (χ0n) is 13.3. The fraction of sp³-hybridized carbons (Fsp3) is 0.353. The summed E-state index contributed by atoms with van der Waals surface area (Å²) in [6.45, 7) is 5.54. The van der Waals surface area contributed by atoms with Gasteiger partial charge >= 0.3 is 0 Å². The van der Waals surface area contributed by atoms with E-state index in [9.17, 15) is 9.59 Å². The quantitative estimate of drug-likeness (QED) is 0.934. The second kappa shape index (κ2) is 6.24. The molecule has 0 unspecified atom stereocenters. The van der Waals surface area contributed by atoms with E-state index in [1.807, 2.05) is 44.2 Å². The van der Waals surface area contributed by atoms with Gasteiger partial charge in [0.1, 0.15) is 5.69 Å². The van der Waals surface area contributed by atoms with Gasteiger partial charge in [-0.05, 0) is 19.4 Å². The van der Waals surface area contributed by atoms with E-state index in [0.29, 0.717) is 31.0 Å². The average Bonchev–Trinajstić information content (AvgIpc) is 2.96. The normalized spacial score (nSPS) is 14.0. The average molecular weight is 312 g/mol. The molecule has 6 nitrogen and oxygen atoms in total. The van der Waals surface area contributed by atoms with E-state index in [2.05, 4.69) is 10.4 Å². The monoisotopic (exact) mass is 312 g/mol. The van der Waals surface area contributed by atoms with E-state index in [-0.39, 0.29) is 17.9 Å². The van der Waals surface area contributed by atoms with Crippen LogP contribution in [0.5, 0.6) is 0 Å². The van der Waals surface area contributed by atoms with Crippen molar-refractivity contribution in [2.45, 2.75) is 33.0 Å². The maximum absolute atomic E-state index is 12.6. The van der Waals surface area contributed by atoms with Crippen LogP contribution >= 0.6 is 0 Å². The third-order valence-corrected chi connectivity index (χ3v) is 3.74. The van der Waals surface area contributed by atoms with Gasteiger partial charge in [-0.25, -0.2) is 0 Å². The summed E-state index contributed by atoms with van der Waals surface area (Å²) in [5.74, 6) is -0.333. The van der Waals surface area contributed by atoms with Crippen LogP contribution in [0.4, 0.5) is 0 Å². The number of amides is 2. The van der Waals surface area contributed by atoms with Gasteiger partial charge in [0.15, 0.2) is 5.69 Å². The van der Waals surface area contributed by atoms with Crippen LogP contribution in [0.2, 0.25) is 0 Å². The van der Waals surface area contributed by atoms with Crippen LogP contribution in [-0.4, -0.2) is 39.1 Å². The molecule has 2 amide bonds. The molecule has 3 rings (SSSR count). The van der Waals surface area contributed by atoms with Crippen molar-refractivity contribution >= 4 is 11.8 Å². The van der Waals surface area contributed by atoms with Crippen molar-refractivity contribution in [1.82, 2.24) is 20.0 Å². The Morgan fingerprint density at radius 2 is 2.00 bits per heavy atom. The molecule has 0 fully saturated rings. The number of hydrogen-bond donors (Lipinski definition) is 1. The fourth-order valence-electron chi connectivity index (χ4n) is 2.64. The van der Waals surface area contributed by atoms with Crippen molar-refractivity contribution in [2.24, 2.45) is 0 Å². The van der Waals surface area contributed by atoms with E-state index >= 15 is 0 Å². The summed E-state index contributed by atoms with van der Waals surface area (Å²) in [6, 6.07) is 11.5. The Labute approximate surface area is 135 Å². The molecule has 1 aromatic heterocycles. The molecule has 0 saturated carbocycles. The van der Waals surface area contributed by atoms with Gasteiger partial charge in [0.05, 0.1) is 6.54 Å². The molecule has 6 heteroatoms. The highest BCUT2D eigenvalue weighted by Gasteiger charge is 2.27. The minimum absolute atomic E-state index is 0.0338. The maximum Gasteiger partial charge on any atom is 0.272 e. The Hall–Kier alpha value is -2.63. The minimum Gasteiger partial charge on any atom is -0.348 e. The van der Waals surface area contributed by atoms with Crippen LogP contribution < -0.4 is 5.32 Å². The minimum atomic E-state index is -0.246. The number of carbonyl (C=O) groups excluding carboxylic acids is 2. The second-order valence-electron chi connectivity index (χ2n) is 5.98. The number of nitrogens with zero attached hydrogens (tertiary/aromatic N) is 3. The highest BCUT2D eigenvalue weighted by molar-refractivity contribution is 5.98. The van der Waals surface area contributed by atoms with Gasteiger partial charge in [-0.1, -0.05) is 30.3 Å². The van der Waals surface area contributed by atoms with E-state index in [1.54, 1.807) is 15.6 Å². The number of aromatic nitrogens is 2. The molecule has 1 N–H and O–H groups in total. The Morgan fingerprint density at radius 3 is 2.70 bits per heavy atom. The lowest BCUT2D eigenvalue weighted by molar-refractivity contribution is 0.0683. The molecule has 0 spiro atoms. The van der Waals surface area contributed by atoms with Gasteiger partial charge < -0.3 is 10.2 Å². The van der Waals surface area contributed by atoms with Crippen molar-refractivity contribution < 1.29 is 9.59 Å². The standard InChI is InChI=1S/C17H20N4O2/c1-12(2)18-16(22)14-10-15-17(23)20(8-9-21(15)19-14)11-13-6-4-3-5-7-13/h3-7,10,12H,8-9,11H2,1-2H3,(H,18,22). The molecular formula is C17H20N4O2. The molecule has 2 heterocycles. The molecule has 1 aliphatic rings. The van der Waals surface area contributed by atoms with Crippen molar-refractivity contribution in [1.29, 1.82) is 0 Å². The van der Waals surface area contributed by atoms with Crippen LogP contribution in [-0.2, 0) is 13.1 Å². The number of fused-ring (bicyclic) bond motifs is 1. The maximum atomic E-state index is 12.6. The van der Waals surface area contributed by atoms with Gasteiger partial charge in [0.2, 0.25) is 0 Å². The van der Waals surface area contributed by atoms with E-state index < -0.39 is 0 Å². The van der Waals surface area contributed by atoms with Crippen LogP contribution in [0.25, 0.3) is 0 Å². The third-order valence-electron chi connectivity index (χ3n) is 3.74. The SMILES string of the molecule is CC(C)NC(=O)c1cc2n(n1)CCN(Cc1ccccc1)C2=O. The first-order valence-electron chi connectivity index (χ1n) is 7.76. The molecule has 120 valence electrons. The first kappa shape index (κ1) is 15.3. The summed E-state index contributed by atoms with van der Waals surface area (Å²) < 4.78 is 1.62. The summed E-state index contributed by atoms with van der Waals surface area (Å²) in [7, 11) is 0. The van der Waals surface area contributed by atoms with Crippen molar-refractivity contribution in [2.75, 3.05) is 6.54 Å². The smallest absolute Gasteiger partial charge is 0.272 e. The van der Waals surface area contributed by atoms with E-state index in [1.165, 1.54) is 0 Å². The molecule has 1 aliphatic heterocycles. The summed E-state index contributed by atoms with van der Waals surface area (Å²) in [6.07, 6.45) is 0. The predicted molar refractivity (Wildman–Crippen MR) is 86.0 cm³/mol. The highest BCUT2D eigenvalue weighted by atomic mass is 16.2. The van der Waals surface area contributed by atoms with Gasteiger partial charge in [-0.15, -0.1) is 0 Å². The largest absolute Gasteiger partial charge is 0.348 e. The molecular weight excluding hydrogens is 292 g/mol. The predicted octanol–water partition coefficient (Wildman–Crippen LogP) is 1.68. The zero-order chi connectivity index (χ0) is 16.4. The fourth-order valence-corrected chi connectivity index (χ4v) is 2.64. The molecule has 2 aromatic rings. The summed E-state index contributed by atoms with van der Waals surface area (Å²) in [5, 5.41) is 7.05. The lowest BCUT2D eigenvalue weighted by Crippen LogP contribution is -2.39. The first-order chi connectivity index (χ1) is 11.0. The molecule has 0 bridgehead atoms. The summed E-state index contributed by atoms with van der Waals surface area (Å²) in [5.41, 5.74) is 1.86.